The van der Waals surface area contributed by atoms with E-state index >= 15 is 0 Å². The van der Waals surface area contributed by atoms with E-state index in [0.717, 1.165) is 30.4 Å². The van der Waals surface area contributed by atoms with Crippen molar-refractivity contribution in [1.29, 1.82) is 0 Å². The van der Waals surface area contributed by atoms with Crippen molar-refractivity contribution in [2.45, 2.75) is 18.9 Å². The topological polar surface area (TPSA) is 54.1 Å². The SMILES string of the molecule is O=C(NCC1CCCO1)c1ccc2[nH]ccc2c1. The predicted octanol–water partition coefficient (Wildman–Crippen LogP) is 2.08. The molecule has 0 aliphatic carbocycles. The van der Waals surface area contributed by atoms with Crippen LogP contribution in [0.5, 0.6) is 0 Å². The minimum absolute atomic E-state index is 0.0337. The third kappa shape index (κ3) is 2.24. The van der Waals surface area contributed by atoms with Crippen LogP contribution in [0.1, 0.15) is 23.2 Å². The summed E-state index contributed by atoms with van der Waals surface area (Å²) in [5, 5.41) is 3.98. The number of aromatic amines is 1. The Morgan fingerprint density at radius 1 is 1.44 bits per heavy atom. The monoisotopic (exact) mass is 244 g/mol. The highest BCUT2D eigenvalue weighted by Crippen LogP contribution is 2.15. The van der Waals surface area contributed by atoms with E-state index in [1.165, 1.54) is 0 Å². The molecule has 0 bridgehead atoms. The molecule has 4 nitrogen and oxygen atoms in total. The molecule has 1 saturated heterocycles. The van der Waals surface area contributed by atoms with Gasteiger partial charge in [0.15, 0.2) is 0 Å². The minimum atomic E-state index is -0.0337. The highest BCUT2D eigenvalue weighted by molar-refractivity contribution is 5.98. The van der Waals surface area contributed by atoms with Crippen molar-refractivity contribution < 1.29 is 9.53 Å². The number of carbonyl (C=O) groups excluding carboxylic acids is 1. The number of H-pyrrole nitrogens is 1. The second-order valence-corrected chi connectivity index (χ2v) is 4.62. The van der Waals surface area contributed by atoms with Crippen LogP contribution in [-0.2, 0) is 4.74 Å². The molecule has 2 N–H and O–H groups in total. The van der Waals surface area contributed by atoms with Gasteiger partial charge in [-0.05, 0) is 37.1 Å². The fourth-order valence-electron chi connectivity index (χ4n) is 2.31. The number of hydrogen-bond donors (Lipinski definition) is 2. The van der Waals surface area contributed by atoms with Crippen LogP contribution < -0.4 is 5.32 Å². The van der Waals surface area contributed by atoms with Crippen LogP contribution in [0.25, 0.3) is 10.9 Å². The number of rotatable bonds is 3. The Bertz CT molecular complexity index is 556. The molecule has 1 unspecified atom stereocenters. The maximum Gasteiger partial charge on any atom is 0.251 e. The highest BCUT2D eigenvalue weighted by atomic mass is 16.5. The summed E-state index contributed by atoms with van der Waals surface area (Å²) in [6, 6.07) is 7.63. The number of aromatic nitrogens is 1. The van der Waals surface area contributed by atoms with Crippen LogP contribution in [0.2, 0.25) is 0 Å². The van der Waals surface area contributed by atoms with Crippen LogP contribution in [-0.4, -0.2) is 30.1 Å². The van der Waals surface area contributed by atoms with Crippen molar-refractivity contribution in [2.75, 3.05) is 13.2 Å². The largest absolute Gasteiger partial charge is 0.376 e. The normalized spacial score (nSPS) is 19.2. The smallest absolute Gasteiger partial charge is 0.251 e. The van der Waals surface area contributed by atoms with E-state index in [0.29, 0.717) is 12.1 Å². The predicted molar refractivity (Wildman–Crippen MR) is 69.6 cm³/mol. The van der Waals surface area contributed by atoms with E-state index in [-0.39, 0.29) is 12.0 Å². The maximum atomic E-state index is 12.0. The number of ether oxygens (including phenoxy) is 1. The average Bonchev–Trinajstić information content (AvgIpc) is 3.05. The first-order valence-corrected chi connectivity index (χ1v) is 6.30. The molecule has 1 atom stereocenters. The summed E-state index contributed by atoms with van der Waals surface area (Å²) in [5.74, 6) is -0.0337. The van der Waals surface area contributed by atoms with Crippen LogP contribution in [0.3, 0.4) is 0 Å². The third-order valence-electron chi connectivity index (χ3n) is 3.33. The lowest BCUT2D eigenvalue weighted by Crippen LogP contribution is -2.31. The summed E-state index contributed by atoms with van der Waals surface area (Å²) in [6.45, 7) is 1.42. The number of benzene rings is 1. The van der Waals surface area contributed by atoms with E-state index < -0.39 is 0 Å². The van der Waals surface area contributed by atoms with Gasteiger partial charge >= 0.3 is 0 Å². The molecule has 0 radical (unpaired) electrons. The minimum Gasteiger partial charge on any atom is -0.376 e. The van der Waals surface area contributed by atoms with Gasteiger partial charge < -0.3 is 15.0 Å². The maximum absolute atomic E-state index is 12.0. The average molecular weight is 244 g/mol. The van der Waals surface area contributed by atoms with E-state index in [1.54, 1.807) is 0 Å². The fourth-order valence-corrected chi connectivity index (χ4v) is 2.31. The van der Waals surface area contributed by atoms with Gasteiger partial charge in [0, 0.05) is 35.8 Å². The van der Waals surface area contributed by atoms with E-state index in [1.807, 2.05) is 30.5 Å². The lowest BCUT2D eigenvalue weighted by Gasteiger charge is -2.10. The van der Waals surface area contributed by atoms with Gasteiger partial charge in [-0.3, -0.25) is 4.79 Å². The zero-order valence-electron chi connectivity index (χ0n) is 10.1. The van der Waals surface area contributed by atoms with Crippen molar-refractivity contribution in [3.05, 3.63) is 36.0 Å². The zero-order chi connectivity index (χ0) is 12.4. The van der Waals surface area contributed by atoms with Gasteiger partial charge in [-0.15, -0.1) is 0 Å². The Morgan fingerprint density at radius 3 is 3.22 bits per heavy atom. The van der Waals surface area contributed by atoms with Gasteiger partial charge in [0.2, 0.25) is 0 Å². The molecular weight excluding hydrogens is 228 g/mol. The number of nitrogens with one attached hydrogen (secondary N) is 2. The molecule has 1 aliphatic rings. The molecule has 2 aromatic rings. The summed E-state index contributed by atoms with van der Waals surface area (Å²) in [6.07, 6.45) is 4.19. The molecule has 0 saturated carbocycles. The van der Waals surface area contributed by atoms with E-state index in [4.69, 9.17) is 4.74 Å². The molecule has 1 fully saturated rings. The second kappa shape index (κ2) is 4.82. The Labute approximate surface area is 105 Å². The Balaban J connectivity index is 1.67. The first-order valence-electron chi connectivity index (χ1n) is 6.30. The molecule has 18 heavy (non-hydrogen) atoms. The number of amides is 1. The molecule has 94 valence electrons. The molecule has 2 heterocycles. The summed E-state index contributed by atoms with van der Waals surface area (Å²) in [4.78, 5) is 15.1. The van der Waals surface area contributed by atoms with Gasteiger partial charge in [0.05, 0.1) is 6.10 Å². The molecule has 1 aromatic heterocycles. The zero-order valence-corrected chi connectivity index (χ0v) is 10.1. The van der Waals surface area contributed by atoms with Crippen molar-refractivity contribution in [3.8, 4) is 0 Å². The highest BCUT2D eigenvalue weighted by Gasteiger charge is 2.16. The van der Waals surface area contributed by atoms with Crippen LogP contribution >= 0.6 is 0 Å². The standard InChI is InChI=1S/C14H16N2O2/c17-14(16-9-12-2-1-7-18-12)11-3-4-13-10(8-11)5-6-15-13/h3-6,8,12,15H,1-2,7,9H2,(H,16,17). The van der Waals surface area contributed by atoms with Gasteiger partial charge in [0.1, 0.15) is 0 Å². The van der Waals surface area contributed by atoms with Crippen molar-refractivity contribution in [2.24, 2.45) is 0 Å². The van der Waals surface area contributed by atoms with E-state index in [2.05, 4.69) is 10.3 Å². The first kappa shape index (κ1) is 11.3. The van der Waals surface area contributed by atoms with Crippen molar-refractivity contribution >= 4 is 16.8 Å². The Morgan fingerprint density at radius 2 is 2.39 bits per heavy atom. The Kier molecular flexibility index (Phi) is 3.02. The molecule has 1 amide bonds. The van der Waals surface area contributed by atoms with E-state index in [9.17, 15) is 4.79 Å². The molecule has 1 aromatic carbocycles. The number of fused-ring (bicyclic) bond motifs is 1. The van der Waals surface area contributed by atoms with Crippen LogP contribution in [0.4, 0.5) is 0 Å². The van der Waals surface area contributed by atoms with Gasteiger partial charge in [-0.1, -0.05) is 0 Å². The summed E-state index contributed by atoms with van der Waals surface area (Å²) < 4.78 is 5.48. The number of hydrogen-bond acceptors (Lipinski definition) is 2. The molecular formula is C14H16N2O2. The summed E-state index contributed by atoms with van der Waals surface area (Å²) in [7, 11) is 0. The first-order chi connectivity index (χ1) is 8.83. The van der Waals surface area contributed by atoms with Gasteiger partial charge in [-0.25, -0.2) is 0 Å². The quantitative estimate of drug-likeness (QED) is 0.868. The van der Waals surface area contributed by atoms with Gasteiger partial charge in [0.25, 0.3) is 5.91 Å². The van der Waals surface area contributed by atoms with Crippen LogP contribution in [0.15, 0.2) is 30.5 Å². The van der Waals surface area contributed by atoms with Gasteiger partial charge in [-0.2, -0.15) is 0 Å². The molecule has 1 aliphatic heterocycles. The Hall–Kier alpha value is -1.81. The fraction of sp³-hybridized carbons (Fsp3) is 0.357. The second-order valence-electron chi connectivity index (χ2n) is 4.62. The van der Waals surface area contributed by atoms with Crippen LogP contribution in [0, 0.1) is 0 Å². The lowest BCUT2D eigenvalue weighted by molar-refractivity contribution is 0.0858. The molecule has 4 heteroatoms. The lowest BCUT2D eigenvalue weighted by atomic mass is 10.1. The summed E-state index contributed by atoms with van der Waals surface area (Å²) in [5.41, 5.74) is 1.74. The summed E-state index contributed by atoms with van der Waals surface area (Å²) >= 11 is 0. The number of carbonyl (C=O) groups is 1. The van der Waals surface area contributed by atoms with Crippen molar-refractivity contribution in [3.63, 3.8) is 0 Å². The molecule has 3 rings (SSSR count). The van der Waals surface area contributed by atoms with Crippen molar-refractivity contribution in [1.82, 2.24) is 10.3 Å². The molecule has 0 spiro atoms. The third-order valence-corrected chi connectivity index (χ3v) is 3.33.